The van der Waals surface area contributed by atoms with E-state index in [0.29, 0.717) is 12.4 Å². The number of amides is 1. The number of nitrogens with one attached hydrogen (secondary N) is 2. The zero-order valence-corrected chi connectivity index (χ0v) is 10.1. The van der Waals surface area contributed by atoms with Gasteiger partial charge in [-0.2, -0.15) is 0 Å². The first-order valence-electron chi connectivity index (χ1n) is 4.94. The van der Waals surface area contributed by atoms with E-state index in [1.165, 1.54) is 6.92 Å². The van der Waals surface area contributed by atoms with Crippen molar-refractivity contribution in [1.82, 2.24) is 5.32 Å². The fourth-order valence-electron chi connectivity index (χ4n) is 1.16. The van der Waals surface area contributed by atoms with Gasteiger partial charge in [0.05, 0.1) is 12.3 Å². The molecule has 1 rings (SSSR count). The van der Waals surface area contributed by atoms with Gasteiger partial charge >= 0.3 is 0 Å². The average molecular weight is 238 g/mol. The summed E-state index contributed by atoms with van der Waals surface area (Å²) in [6.07, 6.45) is 0. The molecule has 1 amide bonds. The molecule has 0 aliphatic rings. The molecule has 0 unspecified atom stereocenters. The van der Waals surface area contributed by atoms with Crippen LogP contribution in [0.4, 0.5) is 5.69 Å². The van der Waals surface area contributed by atoms with Crippen LogP contribution in [0.5, 0.6) is 5.75 Å². The summed E-state index contributed by atoms with van der Waals surface area (Å²) in [7, 11) is 0. The first kappa shape index (κ1) is 12.4. The van der Waals surface area contributed by atoms with Crippen LogP contribution in [-0.4, -0.2) is 17.6 Å². The Bertz CT molecular complexity index is 393. The number of para-hydroxylation sites is 2. The van der Waals surface area contributed by atoms with Crippen LogP contribution >= 0.6 is 12.2 Å². The number of rotatable bonds is 3. The highest BCUT2D eigenvalue weighted by atomic mass is 32.1. The number of hydrogen-bond acceptors (Lipinski definition) is 3. The Morgan fingerprint density at radius 3 is 2.75 bits per heavy atom. The topological polar surface area (TPSA) is 50.4 Å². The summed E-state index contributed by atoms with van der Waals surface area (Å²) in [6.45, 7) is 3.89. The fraction of sp³-hybridized carbons (Fsp3) is 0.273. The summed E-state index contributed by atoms with van der Waals surface area (Å²) in [5, 5.41) is 5.65. The van der Waals surface area contributed by atoms with Crippen molar-refractivity contribution in [2.24, 2.45) is 0 Å². The molecule has 16 heavy (non-hydrogen) atoms. The number of benzene rings is 1. The first-order chi connectivity index (χ1) is 7.63. The van der Waals surface area contributed by atoms with Crippen LogP contribution in [0, 0.1) is 0 Å². The standard InChI is InChI=1S/C11H14N2O2S/c1-3-15-10-7-5-4-6-9(10)13-11(16)12-8(2)14/h4-7H,3H2,1-2H3,(H2,12,13,14,16). The smallest absolute Gasteiger partial charge is 0.222 e. The normalized spacial score (nSPS) is 9.38. The predicted molar refractivity (Wildman–Crippen MR) is 67.6 cm³/mol. The van der Waals surface area contributed by atoms with Crippen LogP contribution in [0.2, 0.25) is 0 Å². The average Bonchev–Trinajstić information content (AvgIpc) is 2.20. The lowest BCUT2D eigenvalue weighted by Crippen LogP contribution is -2.32. The van der Waals surface area contributed by atoms with Crippen molar-refractivity contribution in [3.05, 3.63) is 24.3 Å². The van der Waals surface area contributed by atoms with Crippen molar-refractivity contribution in [3.63, 3.8) is 0 Å². The van der Waals surface area contributed by atoms with Crippen LogP contribution in [0.3, 0.4) is 0 Å². The van der Waals surface area contributed by atoms with Crippen molar-refractivity contribution in [2.45, 2.75) is 13.8 Å². The minimum absolute atomic E-state index is 0.202. The summed E-state index contributed by atoms with van der Waals surface area (Å²) < 4.78 is 5.41. The van der Waals surface area contributed by atoms with E-state index in [1.54, 1.807) is 0 Å². The van der Waals surface area contributed by atoms with Gasteiger partial charge in [0, 0.05) is 6.92 Å². The first-order valence-corrected chi connectivity index (χ1v) is 5.34. The molecule has 0 fully saturated rings. The highest BCUT2D eigenvalue weighted by Gasteiger charge is 2.04. The largest absolute Gasteiger partial charge is 0.492 e. The molecule has 0 heterocycles. The third-order valence-corrected chi connectivity index (χ3v) is 1.93. The van der Waals surface area contributed by atoms with Gasteiger partial charge in [0.15, 0.2) is 5.11 Å². The lowest BCUT2D eigenvalue weighted by atomic mass is 10.3. The predicted octanol–water partition coefficient (Wildman–Crippen LogP) is 1.92. The lowest BCUT2D eigenvalue weighted by Gasteiger charge is -2.12. The number of hydrogen-bond donors (Lipinski definition) is 2. The zero-order valence-electron chi connectivity index (χ0n) is 9.24. The van der Waals surface area contributed by atoms with Crippen LogP contribution in [0.15, 0.2) is 24.3 Å². The minimum Gasteiger partial charge on any atom is -0.492 e. The maximum Gasteiger partial charge on any atom is 0.222 e. The number of carbonyl (C=O) groups is 1. The quantitative estimate of drug-likeness (QED) is 0.790. The summed E-state index contributed by atoms with van der Waals surface area (Å²) in [4.78, 5) is 10.8. The van der Waals surface area contributed by atoms with E-state index in [4.69, 9.17) is 17.0 Å². The number of anilines is 1. The number of ether oxygens (including phenoxy) is 1. The Morgan fingerprint density at radius 1 is 1.44 bits per heavy atom. The van der Waals surface area contributed by atoms with Gasteiger partial charge in [-0.3, -0.25) is 4.79 Å². The molecular weight excluding hydrogens is 224 g/mol. The van der Waals surface area contributed by atoms with Crippen LogP contribution in [0.1, 0.15) is 13.8 Å². The highest BCUT2D eigenvalue weighted by Crippen LogP contribution is 2.23. The molecule has 0 aromatic heterocycles. The van der Waals surface area contributed by atoms with Gasteiger partial charge < -0.3 is 15.4 Å². The maximum atomic E-state index is 10.8. The monoisotopic (exact) mass is 238 g/mol. The molecule has 2 N–H and O–H groups in total. The van der Waals surface area contributed by atoms with Crippen molar-refractivity contribution >= 4 is 28.9 Å². The molecular formula is C11H14N2O2S. The van der Waals surface area contributed by atoms with E-state index in [1.807, 2.05) is 31.2 Å². The Kier molecular flexibility index (Phi) is 4.72. The molecule has 1 aromatic rings. The summed E-state index contributed by atoms with van der Waals surface area (Å²) in [5.41, 5.74) is 0.739. The molecule has 0 saturated heterocycles. The summed E-state index contributed by atoms with van der Waals surface area (Å²) >= 11 is 4.96. The molecule has 0 saturated carbocycles. The molecule has 0 aliphatic heterocycles. The van der Waals surface area contributed by atoms with Gasteiger partial charge in [0.25, 0.3) is 0 Å². The SMILES string of the molecule is CCOc1ccccc1NC(=S)NC(C)=O. The second-order valence-electron chi connectivity index (χ2n) is 3.06. The Balaban J connectivity index is 2.72. The van der Waals surface area contributed by atoms with E-state index in [9.17, 15) is 4.79 Å². The molecule has 0 bridgehead atoms. The Labute approximate surface area is 100.0 Å². The Morgan fingerprint density at radius 2 is 2.12 bits per heavy atom. The maximum absolute atomic E-state index is 10.8. The molecule has 0 aliphatic carbocycles. The van der Waals surface area contributed by atoms with Crippen molar-refractivity contribution in [1.29, 1.82) is 0 Å². The van der Waals surface area contributed by atoms with E-state index in [-0.39, 0.29) is 11.0 Å². The fourth-order valence-corrected chi connectivity index (χ4v) is 1.42. The highest BCUT2D eigenvalue weighted by molar-refractivity contribution is 7.80. The second kappa shape index (κ2) is 6.07. The van der Waals surface area contributed by atoms with Crippen LogP contribution < -0.4 is 15.4 Å². The number of carbonyl (C=O) groups excluding carboxylic acids is 1. The van der Waals surface area contributed by atoms with Gasteiger partial charge in [-0.05, 0) is 31.3 Å². The molecule has 86 valence electrons. The zero-order chi connectivity index (χ0) is 12.0. The second-order valence-corrected chi connectivity index (χ2v) is 3.47. The third kappa shape index (κ3) is 3.86. The van der Waals surface area contributed by atoms with Gasteiger partial charge in [-0.25, -0.2) is 0 Å². The van der Waals surface area contributed by atoms with E-state index < -0.39 is 0 Å². The minimum atomic E-state index is -0.202. The van der Waals surface area contributed by atoms with Gasteiger partial charge in [-0.15, -0.1) is 0 Å². The molecule has 1 aromatic carbocycles. The Hall–Kier alpha value is -1.62. The van der Waals surface area contributed by atoms with E-state index in [0.717, 1.165) is 5.69 Å². The molecule has 0 atom stereocenters. The third-order valence-electron chi connectivity index (χ3n) is 1.72. The van der Waals surface area contributed by atoms with E-state index in [2.05, 4.69) is 10.6 Å². The molecule has 5 heteroatoms. The van der Waals surface area contributed by atoms with Crippen molar-refractivity contribution in [2.75, 3.05) is 11.9 Å². The summed E-state index contributed by atoms with van der Waals surface area (Å²) in [6, 6.07) is 7.40. The van der Waals surface area contributed by atoms with Crippen LogP contribution in [0.25, 0.3) is 0 Å². The molecule has 0 spiro atoms. The van der Waals surface area contributed by atoms with Gasteiger partial charge in [0.2, 0.25) is 5.91 Å². The van der Waals surface area contributed by atoms with E-state index >= 15 is 0 Å². The van der Waals surface area contributed by atoms with Crippen molar-refractivity contribution in [3.8, 4) is 5.75 Å². The summed E-state index contributed by atoms with van der Waals surface area (Å²) in [5.74, 6) is 0.504. The van der Waals surface area contributed by atoms with Gasteiger partial charge in [-0.1, -0.05) is 12.1 Å². The van der Waals surface area contributed by atoms with Crippen molar-refractivity contribution < 1.29 is 9.53 Å². The molecule has 4 nitrogen and oxygen atoms in total. The molecule has 0 radical (unpaired) electrons. The van der Waals surface area contributed by atoms with Crippen LogP contribution in [-0.2, 0) is 4.79 Å². The van der Waals surface area contributed by atoms with Gasteiger partial charge in [0.1, 0.15) is 5.75 Å². The number of thiocarbonyl (C=S) groups is 1. The lowest BCUT2D eigenvalue weighted by molar-refractivity contribution is -0.117.